The van der Waals surface area contributed by atoms with Crippen LogP contribution in [0.15, 0.2) is 36.4 Å². The number of likely N-dealkylation sites (N-methyl/N-ethyl adjacent to an activating group) is 1. The standard InChI is InChI=1S/C25H33N7O3/c1-18-24(33)29(2)14-15-30(18)16-17-35-21-6-4-19(5-7-21)20-10-12-31(13-11-20)23-9-8-22-26-27-25(34-3)32(22)28-23/h4-9,18,20H,10-17H2,1-3H3. The average Bonchev–Trinajstić information content (AvgIpc) is 3.31. The Morgan fingerprint density at radius 1 is 1.00 bits per heavy atom. The minimum atomic E-state index is -0.0821. The second-order valence-corrected chi connectivity index (χ2v) is 9.30. The first-order valence-corrected chi connectivity index (χ1v) is 12.3. The zero-order chi connectivity index (χ0) is 24.4. The summed E-state index contributed by atoms with van der Waals surface area (Å²) in [6.45, 7) is 6.84. The molecule has 35 heavy (non-hydrogen) atoms. The van der Waals surface area contributed by atoms with E-state index in [0.717, 1.165) is 57.1 Å². The zero-order valence-corrected chi connectivity index (χ0v) is 20.6. The van der Waals surface area contributed by atoms with Crippen molar-refractivity contribution in [2.45, 2.75) is 31.7 Å². The number of nitrogens with zero attached hydrogens (tertiary/aromatic N) is 7. The number of piperidine rings is 1. The van der Waals surface area contributed by atoms with Crippen LogP contribution in [0.25, 0.3) is 5.65 Å². The maximum atomic E-state index is 12.2. The van der Waals surface area contributed by atoms with Crippen molar-refractivity contribution in [2.24, 2.45) is 0 Å². The van der Waals surface area contributed by atoms with Crippen LogP contribution < -0.4 is 14.4 Å². The molecular formula is C25H33N7O3. The fourth-order valence-electron chi connectivity index (χ4n) is 4.98. The van der Waals surface area contributed by atoms with Gasteiger partial charge in [0.25, 0.3) is 0 Å². The van der Waals surface area contributed by atoms with E-state index in [4.69, 9.17) is 9.47 Å². The summed E-state index contributed by atoms with van der Waals surface area (Å²) in [5, 5.41) is 12.7. The molecule has 0 spiro atoms. The molecule has 1 unspecified atom stereocenters. The molecule has 2 aliphatic rings. The predicted octanol–water partition coefficient (Wildman–Crippen LogP) is 2.06. The molecule has 3 aromatic rings. The molecule has 186 valence electrons. The van der Waals surface area contributed by atoms with Gasteiger partial charge in [0.15, 0.2) is 5.65 Å². The van der Waals surface area contributed by atoms with Gasteiger partial charge in [0.1, 0.15) is 18.2 Å². The van der Waals surface area contributed by atoms with Crippen LogP contribution >= 0.6 is 0 Å². The molecule has 10 nitrogen and oxygen atoms in total. The van der Waals surface area contributed by atoms with Gasteiger partial charge in [0, 0.05) is 39.8 Å². The highest BCUT2D eigenvalue weighted by Crippen LogP contribution is 2.31. The highest BCUT2D eigenvalue weighted by molar-refractivity contribution is 5.81. The lowest BCUT2D eigenvalue weighted by Gasteiger charge is -2.37. The minimum absolute atomic E-state index is 0.0821. The van der Waals surface area contributed by atoms with Gasteiger partial charge in [0.2, 0.25) is 5.91 Å². The van der Waals surface area contributed by atoms with Crippen LogP contribution in [-0.2, 0) is 4.79 Å². The Kier molecular flexibility index (Phi) is 6.72. The Hall–Kier alpha value is -3.40. The Balaban J connectivity index is 1.12. The van der Waals surface area contributed by atoms with Crippen LogP contribution in [-0.4, -0.2) is 95.0 Å². The SMILES string of the molecule is COc1nnc2ccc(N3CCC(c4ccc(OCCN5CCN(C)C(=O)C5C)cc4)CC3)nn12. The Morgan fingerprint density at radius 2 is 1.77 bits per heavy atom. The summed E-state index contributed by atoms with van der Waals surface area (Å²) in [6.07, 6.45) is 2.13. The van der Waals surface area contributed by atoms with Crippen molar-refractivity contribution in [1.29, 1.82) is 0 Å². The number of amides is 1. The largest absolute Gasteiger partial charge is 0.492 e. The second-order valence-electron chi connectivity index (χ2n) is 9.30. The first-order valence-electron chi connectivity index (χ1n) is 12.3. The summed E-state index contributed by atoms with van der Waals surface area (Å²) in [4.78, 5) is 18.4. The molecule has 2 aromatic heterocycles. The van der Waals surface area contributed by atoms with Crippen molar-refractivity contribution in [3.8, 4) is 11.8 Å². The molecule has 0 radical (unpaired) electrons. The first kappa shape index (κ1) is 23.3. The van der Waals surface area contributed by atoms with Crippen LogP contribution in [0.5, 0.6) is 11.8 Å². The van der Waals surface area contributed by atoms with Crippen molar-refractivity contribution >= 4 is 17.4 Å². The molecule has 4 heterocycles. The molecule has 0 bridgehead atoms. The number of methoxy groups -OCH3 is 1. The van der Waals surface area contributed by atoms with Gasteiger partial charge in [-0.1, -0.05) is 17.2 Å². The number of ether oxygens (including phenoxy) is 2. The summed E-state index contributed by atoms with van der Waals surface area (Å²) >= 11 is 0. The van der Waals surface area contributed by atoms with Crippen LogP contribution in [0.1, 0.15) is 31.2 Å². The molecule has 1 aromatic carbocycles. The minimum Gasteiger partial charge on any atom is -0.492 e. The van der Waals surface area contributed by atoms with E-state index in [9.17, 15) is 4.79 Å². The van der Waals surface area contributed by atoms with Gasteiger partial charge in [-0.25, -0.2) is 0 Å². The number of hydrogen-bond acceptors (Lipinski definition) is 8. The molecule has 2 fully saturated rings. The lowest BCUT2D eigenvalue weighted by molar-refractivity contribution is -0.139. The van der Waals surface area contributed by atoms with E-state index in [0.29, 0.717) is 24.2 Å². The lowest BCUT2D eigenvalue weighted by Crippen LogP contribution is -2.55. The number of hydrogen-bond donors (Lipinski definition) is 0. The number of fused-ring (bicyclic) bond motifs is 1. The number of piperazine rings is 1. The van der Waals surface area contributed by atoms with Gasteiger partial charge in [-0.05, 0) is 55.5 Å². The van der Waals surface area contributed by atoms with Gasteiger partial charge >= 0.3 is 6.01 Å². The average molecular weight is 480 g/mol. The zero-order valence-electron chi connectivity index (χ0n) is 20.6. The Labute approximate surface area is 205 Å². The van der Waals surface area contributed by atoms with Crippen molar-refractivity contribution in [1.82, 2.24) is 29.6 Å². The monoisotopic (exact) mass is 479 g/mol. The maximum Gasteiger partial charge on any atom is 0.338 e. The van der Waals surface area contributed by atoms with Crippen LogP contribution in [0, 0.1) is 0 Å². The number of benzene rings is 1. The molecule has 0 N–H and O–H groups in total. The van der Waals surface area contributed by atoms with Crippen molar-refractivity contribution in [3.05, 3.63) is 42.0 Å². The molecule has 5 rings (SSSR count). The van der Waals surface area contributed by atoms with Gasteiger partial charge in [-0.15, -0.1) is 10.2 Å². The number of aromatic nitrogens is 4. The maximum absolute atomic E-state index is 12.2. The number of rotatable bonds is 7. The van der Waals surface area contributed by atoms with Gasteiger partial charge in [-0.3, -0.25) is 9.69 Å². The quantitative estimate of drug-likeness (QED) is 0.509. The summed E-state index contributed by atoms with van der Waals surface area (Å²) in [5.74, 6) is 2.49. The third-order valence-electron chi connectivity index (χ3n) is 7.22. The van der Waals surface area contributed by atoms with Crippen molar-refractivity contribution in [2.75, 3.05) is 58.4 Å². The van der Waals surface area contributed by atoms with E-state index in [2.05, 4.69) is 49.4 Å². The summed E-state index contributed by atoms with van der Waals surface area (Å²) in [7, 11) is 3.44. The van der Waals surface area contributed by atoms with E-state index >= 15 is 0 Å². The van der Waals surface area contributed by atoms with Gasteiger partial charge < -0.3 is 19.3 Å². The smallest absolute Gasteiger partial charge is 0.338 e. The molecular weight excluding hydrogens is 446 g/mol. The molecule has 0 saturated carbocycles. The van der Waals surface area contributed by atoms with Gasteiger partial charge in [-0.2, -0.15) is 4.52 Å². The summed E-state index contributed by atoms with van der Waals surface area (Å²) in [6, 6.07) is 12.7. The number of anilines is 1. The molecule has 1 atom stereocenters. The van der Waals surface area contributed by atoms with Crippen molar-refractivity contribution in [3.63, 3.8) is 0 Å². The Bertz CT molecular complexity index is 1160. The molecule has 2 aliphatic heterocycles. The fraction of sp³-hybridized carbons (Fsp3) is 0.520. The van der Waals surface area contributed by atoms with Crippen LogP contribution in [0.4, 0.5) is 5.82 Å². The molecule has 2 saturated heterocycles. The van der Waals surface area contributed by atoms with E-state index in [-0.39, 0.29) is 11.9 Å². The third kappa shape index (κ3) is 4.88. The topological polar surface area (TPSA) is 88.3 Å². The number of carbonyl (C=O) groups excluding carboxylic acids is 1. The Morgan fingerprint density at radius 3 is 2.51 bits per heavy atom. The molecule has 1 amide bonds. The van der Waals surface area contributed by atoms with Crippen molar-refractivity contribution < 1.29 is 14.3 Å². The van der Waals surface area contributed by atoms with E-state index in [1.165, 1.54) is 5.56 Å². The fourth-order valence-corrected chi connectivity index (χ4v) is 4.98. The summed E-state index contributed by atoms with van der Waals surface area (Å²) in [5.41, 5.74) is 2.02. The highest BCUT2D eigenvalue weighted by Gasteiger charge is 2.29. The lowest BCUT2D eigenvalue weighted by atomic mass is 9.89. The summed E-state index contributed by atoms with van der Waals surface area (Å²) < 4.78 is 12.9. The van der Waals surface area contributed by atoms with Crippen LogP contribution in [0.2, 0.25) is 0 Å². The van der Waals surface area contributed by atoms with E-state index < -0.39 is 0 Å². The van der Waals surface area contributed by atoms with E-state index in [1.807, 2.05) is 26.1 Å². The third-order valence-corrected chi connectivity index (χ3v) is 7.22. The normalized spacial score (nSPS) is 20.0. The highest BCUT2D eigenvalue weighted by atomic mass is 16.5. The second kappa shape index (κ2) is 10.1. The van der Waals surface area contributed by atoms with Gasteiger partial charge in [0.05, 0.1) is 13.2 Å². The molecule has 0 aliphatic carbocycles. The van der Waals surface area contributed by atoms with E-state index in [1.54, 1.807) is 16.5 Å². The van der Waals surface area contributed by atoms with Crippen LogP contribution in [0.3, 0.4) is 0 Å². The number of carbonyl (C=O) groups is 1. The molecule has 10 heteroatoms. The first-order chi connectivity index (χ1) is 17.0. The predicted molar refractivity (Wildman–Crippen MR) is 132 cm³/mol.